The van der Waals surface area contributed by atoms with E-state index in [0.29, 0.717) is 18.4 Å². The number of nitrogens with zero attached hydrogens (tertiary/aromatic N) is 2. The van der Waals surface area contributed by atoms with Gasteiger partial charge in [0.25, 0.3) is 0 Å². The lowest BCUT2D eigenvalue weighted by atomic mass is 9.65. The highest BCUT2D eigenvalue weighted by Crippen LogP contribution is 2.49. The van der Waals surface area contributed by atoms with Gasteiger partial charge in [-0.05, 0) is 62.5 Å². The first kappa shape index (κ1) is 15.5. The number of piperidine rings is 2. The molecular formula is C17H25N3O2S. The van der Waals surface area contributed by atoms with Gasteiger partial charge < -0.3 is 10.1 Å². The normalized spacial score (nSPS) is 32.9. The Morgan fingerprint density at radius 2 is 2.30 bits per heavy atom. The Hall–Kier alpha value is -1.01. The molecule has 4 aliphatic rings. The van der Waals surface area contributed by atoms with Crippen LogP contribution in [0.2, 0.25) is 0 Å². The van der Waals surface area contributed by atoms with E-state index in [-0.39, 0.29) is 11.9 Å². The standard InChI is InChI=1S/C17H25N3O2S/c1-2-3-8-22-16(21)17-7-6-11(10-18-17)9-13(17)15-19-14(20-23-15)12-4-5-12/h11-13,18H,2-10H2,1H3. The molecule has 4 fully saturated rings. The van der Waals surface area contributed by atoms with E-state index < -0.39 is 5.54 Å². The fourth-order valence-corrected chi connectivity index (χ4v) is 4.88. The minimum atomic E-state index is -0.567. The van der Waals surface area contributed by atoms with Crippen LogP contribution in [0.1, 0.15) is 74.5 Å². The van der Waals surface area contributed by atoms with Gasteiger partial charge in [0.15, 0.2) is 0 Å². The summed E-state index contributed by atoms with van der Waals surface area (Å²) in [6.45, 7) is 3.56. The van der Waals surface area contributed by atoms with Crippen molar-refractivity contribution in [2.45, 2.75) is 69.2 Å². The molecule has 0 radical (unpaired) electrons. The van der Waals surface area contributed by atoms with Crippen LogP contribution in [-0.4, -0.2) is 34.0 Å². The van der Waals surface area contributed by atoms with Crippen molar-refractivity contribution in [2.24, 2.45) is 5.92 Å². The van der Waals surface area contributed by atoms with Crippen molar-refractivity contribution in [3.63, 3.8) is 0 Å². The molecule has 2 aliphatic carbocycles. The molecule has 1 aromatic heterocycles. The number of carbonyl (C=O) groups is 1. The van der Waals surface area contributed by atoms with E-state index in [2.05, 4.69) is 16.6 Å². The Kier molecular flexibility index (Phi) is 4.13. The molecule has 1 N–H and O–H groups in total. The number of nitrogens with one attached hydrogen (secondary N) is 1. The zero-order valence-corrected chi connectivity index (χ0v) is 14.5. The Morgan fingerprint density at radius 3 is 3.00 bits per heavy atom. The summed E-state index contributed by atoms with van der Waals surface area (Å²) in [6, 6.07) is 0. The van der Waals surface area contributed by atoms with E-state index >= 15 is 0 Å². The zero-order chi connectivity index (χ0) is 15.9. The third-order valence-electron chi connectivity index (χ3n) is 5.61. The van der Waals surface area contributed by atoms with Crippen LogP contribution in [0.25, 0.3) is 0 Å². The smallest absolute Gasteiger partial charge is 0.327 e. The van der Waals surface area contributed by atoms with Gasteiger partial charge in [-0.15, -0.1) is 0 Å². The second kappa shape index (κ2) is 6.13. The molecule has 0 aromatic carbocycles. The predicted molar refractivity (Wildman–Crippen MR) is 88.6 cm³/mol. The molecule has 0 amide bonds. The SMILES string of the molecule is CCCCOC(=O)C12CCC(CN1)CC2c1nc(C2CC2)ns1. The molecule has 2 bridgehead atoms. The first-order valence-corrected chi connectivity index (χ1v) is 9.76. The largest absolute Gasteiger partial charge is 0.464 e. The molecule has 5 nitrogen and oxygen atoms in total. The van der Waals surface area contributed by atoms with Crippen molar-refractivity contribution in [3.8, 4) is 0 Å². The summed E-state index contributed by atoms with van der Waals surface area (Å²) in [7, 11) is 0. The molecular weight excluding hydrogens is 310 g/mol. The van der Waals surface area contributed by atoms with Gasteiger partial charge in [0.1, 0.15) is 16.4 Å². The van der Waals surface area contributed by atoms with Crippen molar-refractivity contribution in [1.29, 1.82) is 0 Å². The Morgan fingerprint density at radius 1 is 1.43 bits per heavy atom. The lowest BCUT2D eigenvalue weighted by Crippen LogP contribution is -2.65. The summed E-state index contributed by atoms with van der Waals surface area (Å²) in [5.41, 5.74) is -0.567. The van der Waals surface area contributed by atoms with E-state index in [1.54, 1.807) is 0 Å². The molecule has 6 heteroatoms. The average Bonchev–Trinajstić information content (AvgIpc) is 3.33. The molecule has 1 aromatic rings. The monoisotopic (exact) mass is 335 g/mol. The van der Waals surface area contributed by atoms with Crippen LogP contribution in [0, 0.1) is 5.92 Å². The molecule has 2 saturated heterocycles. The number of esters is 1. The third-order valence-corrected chi connectivity index (χ3v) is 6.45. The summed E-state index contributed by atoms with van der Waals surface area (Å²) in [5, 5.41) is 4.56. The number of ether oxygens (including phenoxy) is 1. The molecule has 3 heterocycles. The molecule has 2 aliphatic heterocycles. The van der Waals surface area contributed by atoms with E-state index in [1.807, 2.05) is 0 Å². The fourth-order valence-electron chi connectivity index (χ4n) is 3.94. The maximum absolute atomic E-state index is 12.9. The Labute approximate surface area is 141 Å². The molecule has 126 valence electrons. The highest BCUT2D eigenvalue weighted by Gasteiger charge is 2.55. The van der Waals surface area contributed by atoms with Gasteiger partial charge in [0, 0.05) is 11.8 Å². The van der Waals surface area contributed by atoms with E-state index in [9.17, 15) is 4.79 Å². The minimum Gasteiger partial charge on any atom is -0.464 e. The van der Waals surface area contributed by atoms with Gasteiger partial charge in [0.2, 0.25) is 0 Å². The van der Waals surface area contributed by atoms with Crippen LogP contribution in [0.4, 0.5) is 0 Å². The number of unbranched alkanes of at least 4 members (excludes halogenated alkanes) is 1. The van der Waals surface area contributed by atoms with Crippen molar-refractivity contribution in [2.75, 3.05) is 13.2 Å². The highest BCUT2D eigenvalue weighted by atomic mass is 32.1. The van der Waals surface area contributed by atoms with Crippen LogP contribution in [-0.2, 0) is 9.53 Å². The summed E-state index contributed by atoms with van der Waals surface area (Å²) in [4.78, 5) is 17.7. The second-order valence-electron chi connectivity index (χ2n) is 7.30. The lowest BCUT2D eigenvalue weighted by Gasteiger charge is -2.50. The summed E-state index contributed by atoms with van der Waals surface area (Å²) in [6.07, 6.45) is 7.42. The van der Waals surface area contributed by atoms with Crippen LogP contribution in [0.3, 0.4) is 0 Å². The second-order valence-corrected chi connectivity index (χ2v) is 8.08. The summed E-state index contributed by atoms with van der Waals surface area (Å²) in [5.74, 6) is 2.28. The van der Waals surface area contributed by atoms with E-state index in [0.717, 1.165) is 49.5 Å². The van der Waals surface area contributed by atoms with Crippen LogP contribution in [0.15, 0.2) is 0 Å². The molecule has 23 heavy (non-hydrogen) atoms. The lowest BCUT2D eigenvalue weighted by molar-refractivity contribution is -0.157. The topological polar surface area (TPSA) is 64.1 Å². The predicted octanol–water partition coefficient (Wildman–Crippen LogP) is 2.98. The highest BCUT2D eigenvalue weighted by molar-refractivity contribution is 7.05. The van der Waals surface area contributed by atoms with Gasteiger partial charge in [-0.25, -0.2) is 4.98 Å². The average molecular weight is 335 g/mol. The third kappa shape index (κ3) is 2.80. The van der Waals surface area contributed by atoms with Crippen LogP contribution < -0.4 is 5.32 Å². The maximum atomic E-state index is 12.9. The van der Waals surface area contributed by atoms with Crippen LogP contribution >= 0.6 is 11.5 Å². The molecule has 3 atom stereocenters. The van der Waals surface area contributed by atoms with Gasteiger partial charge >= 0.3 is 5.97 Å². The minimum absolute atomic E-state index is 0.0720. The molecule has 3 unspecified atom stereocenters. The van der Waals surface area contributed by atoms with Gasteiger partial charge in [-0.2, -0.15) is 4.37 Å². The van der Waals surface area contributed by atoms with Crippen molar-refractivity contribution in [1.82, 2.24) is 14.7 Å². The van der Waals surface area contributed by atoms with Gasteiger partial charge in [-0.3, -0.25) is 4.79 Å². The maximum Gasteiger partial charge on any atom is 0.327 e. The number of hydrogen-bond donors (Lipinski definition) is 1. The number of hydrogen-bond acceptors (Lipinski definition) is 6. The number of aromatic nitrogens is 2. The molecule has 5 rings (SSSR count). The quantitative estimate of drug-likeness (QED) is 0.639. The van der Waals surface area contributed by atoms with Crippen molar-refractivity contribution in [3.05, 3.63) is 10.8 Å². The Balaban J connectivity index is 1.56. The van der Waals surface area contributed by atoms with Crippen molar-refractivity contribution < 1.29 is 9.53 Å². The number of rotatable bonds is 6. The van der Waals surface area contributed by atoms with Gasteiger partial charge in [-0.1, -0.05) is 13.3 Å². The van der Waals surface area contributed by atoms with E-state index in [1.165, 1.54) is 24.4 Å². The number of fused-ring (bicyclic) bond motifs is 3. The van der Waals surface area contributed by atoms with E-state index in [4.69, 9.17) is 9.72 Å². The first-order chi connectivity index (χ1) is 11.2. The first-order valence-electron chi connectivity index (χ1n) is 8.98. The molecule has 2 saturated carbocycles. The van der Waals surface area contributed by atoms with Gasteiger partial charge in [0.05, 0.1) is 6.61 Å². The van der Waals surface area contributed by atoms with Crippen molar-refractivity contribution >= 4 is 17.5 Å². The number of carbonyl (C=O) groups excluding carboxylic acids is 1. The zero-order valence-electron chi connectivity index (χ0n) is 13.7. The Bertz CT molecular complexity index is 576. The fraction of sp³-hybridized carbons (Fsp3) is 0.824. The summed E-state index contributed by atoms with van der Waals surface area (Å²) >= 11 is 1.50. The summed E-state index contributed by atoms with van der Waals surface area (Å²) < 4.78 is 10.2. The van der Waals surface area contributed by atoms with Crippen LogP contribution in [0.5, 0.6) is 0 Å². The molecule has 0 spiro atoms.